The molecule has 0 aliphatic rings. The quantitative estimate of drug-likeness (QED) is 0.533. The Kier molecular flexibility index (Phi) is 6.46. The smallest absolute Gasteiger partial charge is 0.254 e. The monoisotopic (exact) mass is 414 g/mol. The number of nitrogens with two attached hydrogens (primary N) is 1. The van der Waals surface area contributed by atoms with E-state index in [4.69, 9.17) is 19.6 Å². The zero-order chi connectivity index (χ0) is 21.7. The number of nitrogens with zero attached hydrogens (tertiary/aromatic N) is 1. The van der Waals surface area contributed by atoms with Crippen LogP contribution in [0.4, 0.5) is 8.78 Å². The molecule has 30 heavy (non-hydrogen) atoms. The lowest BCUT2D eigenvalue weighted by atomic mass is 10.1. The number of oxazole rings is 1. The minimum atomic E-state index is -1.21. The molecule has 0 bridgehead atoms. The first-order valence-corrected chi connectivity index (χ1v) is 9.09. The van der Waals surface area contributed by atoms with Gasteiger partial charge >= 0.3 is 0 Å². The third-order valence-electron chi connectivity index (χ3n) is 4.31. The van der Waals surface area contributed by atoms with E-state index >= 15 is 0 Å². The Hall–Kier alpha value is -3.68. The number of hydrogen-bond donors (Lipinski definition) is 1. The van der Waals surface area contributed by atoms with Gasteiger partial charge in [0.2, 0.25) is 0 Å². The van der Waals surface area contributed by atoms with E-state index in [0.717, 1.165) is 23.4 Å². The summed E-state index contributed by atoms with van der Waals surface area (Å²) in [5, 5.41) is 0. The summed E-state index contributed by atoms with van der Waals surface area (Å²) in [6, 6.07) is 9.38. The predicted molar refractivity (Wildman–Crippen MR) is 106 cm³/mol. The van der Waals surface area contributed by atoms with Gasteiger partial charge in [0.1, 0.15) is 28.6 Å². The Balaban J connectivity index is 1.75. The molecule has 0 atom stereocenters. The van der Waals surface area contributed by atoms with Crippen LogP contribution in [0.25, 0.3) is 11.3 Å². The number of amides is 1. The van der Waals surface area contributed by atoms with Crippen LogP contribution in [0.5, 0.6) is 11.5 Å². The second-order valence-corrected chi connectivity index (χ2v) is 6.30. The van der Waals surface area contributed by atoms with Gasteiger partial charge in [0.15, 0.2) is 17.5 Å². The molecule has 0 saturated heterocycles. The molecule has 3 aromatic rings. The summed E-state index contributed by atoms with van der Waals surface area (Å²) < 4.78 is 44.1. The van der Waals surface area contributed by atoms with E-state index in [2.05, 4.69) is 11.6 Å². The molecule has 0 fully saturated rings. The molecule has 0 unspecified atom stereocenters. The summed E-state index contributed by atoms with van der Waals surface area (Å²) >= 11 is 0. The minimum Gasteiger partial charge on any atom is -0.497 e. The SMILES string of the molecule is C=CCc1oc(CCOc2ccc(F)c(C(N)=O)c2F)nc1-c1ccc(OC)cc1. The number of benzene rings is 2. The second kappa shape index (κ2) is 9.21. The lowest BCUT2D eigenvalue weighted by Gasteiger charge is -2.08. The molecule has 0 spiro atoms. The molecular weight excluding hydrogens is 394 g/mol. The maximum absolute atomic E-state index is 14.2. The molecule has 1 aromatic heterocycles. The van der Waals surface area contributed by atoms with Gasteiger partial charge in [-0.2, -0.15) is 0 Å². The average molecular weight is 414 g/mol. The highest BCUT2D eigenvalue weighted by Gasteiger charge is 2.20. The van der Waals surface area contributed by atoms with Gasteiger partial charge in [0.25, 0.3) is 5.91 Å². The topological polar surface area (TPSA) is 87.6 Å². The van der Waals surface area contributed by atoms with Crippen molar-refractivity contribution in [2.24, 2.45) is 5.73 Å². The number of methoxy groups -OCH3 is 1. The summed E-state index contributed by atoms with van der Waals surface area (Å²) in [4.78, 5) is 15.7. The number of aromatic nitrogens is 1. The van der Waals surface area contributed by atoms with E-state index in [1.54, 1.807) is 13.2 Å². The normalized spacial score (nSPS) is 10.6. The molecule has 2 aromatic carbocycles. The van der Waals surface area contributed by atoms with E-state index in [9.17, 15) is 13.6 Å². The number of rotatable bonds is 9. The van der Waals surface area contributed by atoms with Crippen LogP contribution in [0.15, 0.2) is 53.5 Å². The van der Waals surface area contributed by atoms with Gasteiger partial charge in [-0.3, -0.25) is 4.79 Å². The molecular formula is C22H20F2N2O4. The van der Waals surface area contributed by atoms with Crippen molar-refractivity contribution in [3.63, 3.8) is 0 Å². The summed E-state index contributed by atoms with van der Waals surface area (Å²) in [5.41, 5.74) is 5.69. The molecule has 0 aliphatic carbocycles. The highest BCUT2D eigenvalue weighted by Crippen LogP contribution is 2.27. The van der Waals surface area contributed by atoms with Crippen LogP contribution in [0.3, 0.4) is 0 Å². The molecule has 1 amide bonds. The zero-order valence-electron chi connectivity index (χ0n) is 16.3. The third kappa shape index (κ3) is 4.48. The Morgan fingerprint density at radius 3 is 2.60 bits per heavy atom. The van der Waals surface area contributed by atoms with Crippen molar-refractivity contribution in [3.8, 4) is 22.8 Å². The Bertz CT molecular complexity index is 1060. The largest absolute Gasteiger partial charge is 0.497 e. The first kappa shape index (κ1) is 21.0. The van der Waals surface area contributed by atoms with Gasteiger partial charge in [-0.25, -0.2) is 13.8 Å². The van der Waals surface area contributed by atoms with Crippen molar-refractivity contribution in [3.05, 3.63) is 77.9 Å². The zero-order valence-corrected chi connectivity index (χ0v) is 16.3. The van der Waals surface area contributed by atoms with Gasteiger partial charge < -0.3 is 19.6 Å². The van der Waals surface area contributed by atoms with Crippen molar-refractivity contribution in [2.75, 3.05) is 13.7 Å². The Morgan fingerprint density at radius 1 is 1.23 bits per heavy atom. The first-order chi connectivity index (χ1) is 14.4. The molecule has 3 rings (SSSR count). The number of primary amides is 1. The molecule has 0 saturated carbocycles. The fraction of sp³-hybridized carbons (Fsp3) is 0.182. The molecule has 0 aliphatic heterocycles. The number of halogens is 2. The van der Waals surface area contributed by atoms with Crippen molar-refractivity contribution in [1.82, 2.24) is 4.98 Å². The third-order valence-corrected chi connectivity index (χ3v) is 4.31. The Labute approximate surface area is 171 Å². The minimum absolute atomic E-state index is 0.00313. The van der Waals surface area contributed by atoms with Gasteiger partial charge in [0, 0.05) is 12.0 Å². The van der Waals surface area contributed by atoms with E-state index < -0.39 is 23.1 Å². The molecule has 8 heteroatoms. The van der Waals surface area contributed by atoms with Crippen molar-refractivity contribution in [2.45, 2.75) is 12.8 Å². The van der Waals surface area contributed by atoms with Crippen LogP contribution in [-0.4, -0.2) is 24.6 Å². The van der Waals surface area contributed by atoms with Gasteiger partial charge in [-0.15, -0.1) is 6.58 Å². The van der Waals surface area contributed by atoms with Crippen LogP contribution in [0.2, 0.25) is 0 Å². The van der Waals surface area contributed by atoms with Gasteiger partial charge in [-0.05, 0) is 36.4 Å². The fourth-order valence-corrected chi connectivity index (χ4v) is 2.87. The van der Waals surface area contributed by atoms with Gasteiger partial charge in [-0.1, -0.05) is 6.08 Å². The van der Waals surface area contributed by atoms with E-state index in [-0.39, 0.29) is 18.8 Å². The first-order valence-electron chi connectivity index (χ1n) is 9.09. The summed E-state index contributed by atoms with van der Waals surface area (Å²) in [6.45, 7) is 3.72. The molecule has 6 nitrogen and oxygen atoms in total. The maximum Gasteiger partial charge on any atom is 0.254 e. The lowest BCUT2D eigenvalue weighted by Crippen LogP contribution is -2.16. The van der Waals surface area contributed by atoms with Crippen LogP contribution in [0.1, 0.15) is 22.0 Å². The molecule has 2 N–H and O–H groups in total. The number of carbonyl (C=O) groups is 1. The second-order valence-electron chi connectivity index (χ2n) is 6.30. The fourth-order valence-electron chi connectivity index (χ4n) is 2.87. The number of ether oxygens (including phenoxy) is 2. The van der Waals surface area contributed by atoms with Crippen LogP contribution >= 0.6 is 0 Å². The van der Waals surface area contributed by atoms with E-state index in [0.29, 0.717) is 23.8 Å². The summed E-state index contributed by atoms with van der Waals surface area (Å²) in [6.07, 6.45) is 2.40. The molecule has 1 heterocycles. The highest BCUT2D eigenvalue weighted by molar-refractivity contribution is 5.93. The molecule has 156 valence electrons. The lowest BCUT2D eigenvalue weighted by molar-refractivity contribution is 0.0991. The standard InChI is InChI=1S/C22H20F2N2O4/c1-3-4-17-21(13-5-7-14(28-2)8-6-13)26-18(30-17)11-12-29-16-10-9-15(23)19(20(16)24)22(25)27/h3,5-10H,1,4,11-12H2,2H3,(H2,25,27). The number of hydrogen-bond acceptors (Lipinski definition) is 5. The predicted octanol–water partition coefficient (Wildman–Crippen LogP) is 4.08. The maximum atomic E-state index is 14.2. The number of carbonyl (C=O) groups excluding carboxylic acids is 1. The van der Waals surface area contributed by atoms with Crippen molar-refractivity contribution in [1.29, 1.82) is 0 Å². The average Bonchev–Trinajstić information content (AvgIpc) is 3.12. The Morgan fingerprint density at radius 2 is 1.97 bits per heavy atom. The van der Waals surface area contributed by atoms with Crippen LogP contribution in [-0.2, 0) is 12.8 Å². The van der Waals surface area contributed by atoms with E-state index in [1.165, 1.54) is 0 Å². The number of allylic oxidation sites excluding steroid dienone is 1. The summed E-state index contributed by atoms with van der Waals surface area (Å²) in [7, 11) is 1.59. The van der Waals surface area contributed by atoms with Gasteiger partial charge in [0.05, 0.1) is 20.1 Å². The highest BCUT2D eigenvalue weighted by atomic mass is 19.1. The van der Waals surface area contributed by atoms with Crippen molar-refractivity contribution < 1.29 is 27.5 Å². The van der Waals surface area contributed by atoms with Crippen LogP contribution in [0, 0.1) is 11.6 Å². The molecule has 0 radical (unpaired) electrons. The summed E-state index contributed by atoms with van der Waals surface area (Å²) in [5.74, 6) is -1.93. The van der Waals surface area contributed by atoms with Crippen LogP contribution < -0.4 is 15.2 Å². The van der Waals surface area contributed by atoms with E-state index in [1.807, 2.05) is 24.3 Å². The van der Waals surface area contributed by atoms with Crippen molar-refractivity contribution >= 4 is 5.91 Å².